The van der Waals surface area contributed by atoms with Gasteiger partial charge < -0.3 is 14.2 Å². The van der Waals surface area contributed by atoms with Crippen LogP contribution < -0.4 is 0 Å². The summed E-state index contributed by atoms with van der Waals surface area (Å²) in [5, 5.41) is 0. The molecule has 0 heterocycles. The zero-order chi connectivity index (χ0) is 55.7. The molecule has 1 atom stereocenters. The summed E-state index contributed by atoms with van der Waals surface area (Å²) in [7, 11) is 0. The van der Waals surface area contributed by atoms with E-state index in [-0.39, 0.29) is 31.6 Å². The standard InChI is InChI=1S/C71H120O6/c1-4-7-10-13-16-19-22-25-28-30-32-34-35-37-38-40-43-46-49-52-55-58-61-64-70(73)76-67-68(66-75-69(72)63-60-57-54-51-48-45-42-27-24-21-18-15-12-9-6-3)77-71(74)65-62-59-56-53-50-47-44-41-39-36-33-31-29-26-23-20-17-14-11-8-5-2/h9,12,18,21,23,26-27,30-33,39,41-42,48,51,57,60,68H,4-8,10-11,13-17,19-20,22,24-25,28-29,34-38,40,43-47,49-50,52-56,58-59,61-67H2,1-3H3/b12-9-,21-18-,26-23-,32-30-,33-31-,41-39-,42-27-,51-48-,60-57-. The van der Waals surface area contributed by atoms with Crippen LogP contribution in [0.2, 0.25) is 0 Å². The molecule has 0 saturated heterocycles. The fourth-order valence-corrected chi connectivity index (χ4v) is 8.93. The topological polar surface area (TPSA) is 78.9 Å². The van der Waals surface area contributed by atoms with Gasteiger partial charge in [-0.2, -0.15) is 0 Å². The van der Waals surface area contributed by atoms with Crippen molar-refractivity contribution < 1.29 is 28.6 Å². The Labute approximate surface area is 476 Å². The Balaban J connectivity index is 4.45. The summed E-state index contributed by atoms with van der Waals surface area (Å²) in [5.41, 5.74) is 0. The van der Waals surface area contributed by atoms with Crippen LogP contribution in [-0.2, 0) is 28.6 Å². The van der Waals surface area contributed by atoms with Gasteiger partial charge in [0.25, 0.3) is 0 Å². The zero-order valence-electron chi connectivity index (χ0n) is 50.4. The van der Waals surface area contributed by atoms with E-state index in [0.717, 1.165) is 96.3 Å². The molecule has 0 aromatic heterocycles. The first kappa shape index (κ1) is 73.1. The molecule has 0 aliphatic carbocycles. The highest BCUT2D eigenvalue weighted by atomic mass is 16.6. The van der Waals surface area contributed by atoms with Gasteiger partial charge in [-0.05, 0) is 109 Å². The molecule has 0 amide bonds. The summed E-state index contributed by atoms with van der Waals surface area (Å²) in [5.74, 6) is -1.06. The summed E-state index contributed by atoms with van der Waals surface area (Å²) >= 11 is 0. The third-order valence-corrected chi connectivity index (χ3v) is 13.8. The van der Waals surface area contributed by atoms with Crippen molar-refractivity contribution in [3.05, 3.63) is 109 Å². The molecule has 0 rings (SSSR count). The lowest BCUT2D eigenvalue weighted by atomic mass is 10.0. The minimum Gasteiger partial charge on any atom is -0.462 e. The smallest absolute Gasteiger partial charge is 0.309 e. The van der Waals surface area contributed by atoms with Crippen LogP contribution in [0, 0.1) is 0 Å². The number of carbonyl (C=O) groups excluding carboxylic acids is 3. The second-order valence-electron chi connectivity index (χ2n) is 21.3. The average Bonchev–Trinajstić information content (AvgIpc) is 3.43. The van der Waals surface area contributed by atoms with E-state index in [1.165, 1.54) is 167 Å². The molecule has 440 valence electrons. The molecule has 0 aliphatic rings. The van der Waals surface area contributed by atoms with Gasteiger partial charge in [-0.3, -0.25) is 14.4 Å². The van der Waals surface area contributed by atoms with Gasteiger partial charge in [-0.15, -0.1) is 0 Å². The van der Waals surface area contributed by atoms with E-state index in [1.54, 1.807) is 6.08 Å². The van der Waals surface area contributed by atoms with E-state index < -0.39 is 12.1 Å². The van der Waals surface area contributed by atoms with Gasteiger partial charge in [0.1, 0.15) is 13.2 Å². The second-order valence-corrected chi connectivity index (χ2v) is 21.3. The third kappa shape index (κ3) is 62.8. The van der Waals surface area contributed by atoms with Gasteiger partial charge in [0.2, 0.25) is 0 Å². The van der Waals surface area contributed by atoms with Crippen molar-refractivity contribution in [1.29, 1.82) is 0 Å². The molecule has 0 fully saturated rings. The van der Waals surface area contributed by atoms with Gasteiger partial charge >= 0.3 is 17.9 Å². The average molecular weight is 1070 g/mol. The molecular formula is C71H120O6. The van der Waals surface area contributed by atoms with Crippen molar-refractivity contribution in [3.63, 3.8) is 0 Å². The highest BCUT2D eigenvalue weighted by Gasteiger charge is 2.19. The van der Waals surface area contributed by atoms with Crippen molar-refractivity contribution in [2.75, 3.05) is 13.2 Å². The van der Waals surface area contributed by atoms with Crippen molar-refractivity contribution >= 4 is 17.9 Å². The maximum atomic E-state index is 12.9. The van der Waals surface area contributed by atoms with Gasteiger partial charge in [0.05, 0.1) is 6.42 Å². The molecule has 0 radical (unpaired) electrons. The van der Waals surface area contributed by atoms with Crippen molar-refractivity contribution in [3.8, 4) is 0 Å². The first-order valence-electron chi connectivity index (χ1n) is 32.4. The number of rotatable bonds is 58. The van der Waals surface area contributed by atoms with E-state index in [4.69, 9.17) is 14.2 Å². The monoisotopic (exact) mass is 1070 g/mol. The Kier molecular flexibility index (Phi) is 61.3. The SMILES string of the molecule is CC/C=C\C/C=C\C/C=C\C/C=C\C/C=C\CC(=O)OCC(COC(=O)CCCCCCCCCCCCC/C=C\CCCCCCCCCC)OC(=O)CCCCCCCC/C=C\C/C=C\C/C=C\CCCCCCC. The predicted octanol–water partition coefficient (Wildman–Crippen LogP) is 22.2. The Bertz CT molecular complexity index is 1560. The molecule has 6 nitrogen and oxygen atoms in total. The Morgan fingerprint density at radius 3 is 0.922 bits per heavy atom. The van der Waals surface area contributed by atoms with E-state index in [0.29, 0.717) is 12.8 Å². The lowest BCUT2D eigenvalue weighted by Crippen LogP contribution is -2.30. The van der Waals surface area contributed by atoms with Crippen LogP contribution in [-0.4, -0.2) is 37.2 Å². The summed E-state index contributed by atoms with van der Waals surface area (Å²) in [6.45, 7) is 6.44. The fourth-order valence-electron chi connectivity index (χ4n) is 8.93. The van der Waals surface area contributed by atoms with Gasteiger partial charge in [0, 0.05) is 12.8 Å². The number of allylic oxidation sites excluding steroid dienone is 17. The molecule has 0 saturated carbocycles. The highest BCUT2D eigenvalue weighted by Crippen LogP contribution is 2.16. The van der Waals surface area contributed by atoms with Gasteiger partial charge in [-0.1, -0.05) is 284 Å². The summed E-state index contributed by atoms with van der Waals surface area (Å²) in [6, 6.07) is 0. The van der Waals surface area contributed by atoms with Crippen LogP contribution in [0.3, 0.4) is 0 Å². The van der Waals surface area contributed by atoms with Crippen LogP contribution in [0.4, 0.5) is 0 Å². The molecule has 0 bridgehead atoms. The zero-order valence-corrected chi connectivity index (χ0v) is 50.4. The molecule has 0 N–H and O–H groups in total. The van der Waals surface area contributed by atoms with Crippen molar-refractivity contribution in [1.82, 2.24) is 0 Å². The molecule has 1 unspecified atom stereocenters. The molecule has 0 spiro atoms. The quantitative estimate of drug-likeness (QED) is 0.0261. The Morgan fingerprint density at radius 1 is 0.286 bits per heavy atom. The number of hydrogen-bond acceptors (Lipinski definition) is 6. The van der Waals surface area contributed by atoms with Crippen LogP contribution in [0.1, 0.15) is 303 Å². The minimum absolute atomic E-state index is 0.114. The minimum atomic E-state index is -0.828. The Hall–Kier alpha value is -3.93. The maximum Gasteiger partial charge on any atom is 0.309 e. The van der Waals surface area contributed by atoms with Gasteiger partial charge in [-0.25, -0.2) is 0 Å². The largest absolute Gasteiger partial charge is 0.462 e. The summed E-state index contributed by atoms with van der Waals surface area (Å²) in [6.07, 6.45) is 88.4. The number of unbranched alkanes of at least 4 members (excludes halogenated alkanes) is 30. The number of hydrogen-bond donors (Lipinski definition) is 0. The lowest BCUT2D eigenvalue weighted by molar-refractivity contribution is -0.166. The van der Waals surface area contributed by atoms with Crippen LogP contribution in [0.15, 0.2) is 109 Å². The first-order valence-corrected chi connectivity index (χ1v) is 32.4. The van der Waals surface area contributed by atoms with Crippen molar-refractivity contribution in [2.45, 2.75) is 309 Å². The molecule has 0 aromatic rings. The third-order valence-electron chi connectivity index (χ3n) is 13.8. The fraction of sp³-hybridized carbons (Fsp3) is 0.704. The highest BCUT2D eigenvalue weighted by molar-refractivity contribution is 5.72. The predicted molar refractivity (Wildman–Crippen MR) is 334 cm³/mol. The normalized spacial score (nSPS) is 12.8. The second kappa shape index (κ2) is 64.6. The Morgan fingerprint density at radius 2 is 0.558 bits per heavy atom. The van der Waals surface area contributed by atoms with Crippen LogP contribution >= 0.6 is 0 Å². The van der Waals surface area contributed by atoms with E-state index in [2.05, 4.69) is 118 Å². The molecule has 0 aliphatic heterocycles. The summed E-state index contributed by atoms with van der Waals surface area (Å²) in [4.78, 5) is 38.3. The maximum absolute atomic E-state index is 12.9. The van der Waals surface area contributed by atoms with Crippen LogP contribution in [0.25, 0.3) is 0 Å². The number of carbonyl (C=O) groups is 3. The first-order chi connectivity index (χ1) is 38.0. The van der Waals surface area contributed by atoms with Crippen LogP contribution in [0.5, 0.6) is 0 Å². The van der Waals surface area contributed by atoms with Crippen molar-refractivity contribution in [2.24, 2.45) is 0 Å². The van der Waals surface area contributed by atoms with E-state index in [9.17, 15) is 14.4 Å². The number of ether oxygens (including phenoxy) is 3. The van der Waals surface area contributed by atoms with Gasteiger partial charge in [0.15, 0.2) is 6.10 Å². The molecule has 6 heteroatoms. The molecular weight excluding hydrogens is 949 g/mol. The lowest BCUT2D eigenvalue weighted by Gasteiger charge is -2.18. The molecule has 0 aromatic carbocycles. The number of esters is 3. The summed E-state index contributed by atoms with van der Waals surface area (Å²) < 4.78 is 16.8. The van der Waals surface area contributed by atoms with E-state index >= 15 is 0 Å². The van der Waals surface area contributed by atoms with E-state index in [1.807, 2.05) is 6.08 Å². The molecule has 77 heavy (non-hydrogen) atoms.